The standard InChI is InChI=1S/C28H26.Sr/c1-2-27(23-15-7-3-8-16-23)28(24-17-9-4-10-18-24,25-19-11-5-12-20-25)26-21-13-6-14-22-26;/h3-22,27H,2H2,1H3;/q;+2. The number of hydrogen-bond donors (Lipinski definition) is 0. The summed E-state index contributed by atoms with van der Waals surface area (Å²) in [6, 6.07) is 43.9. The van der Waals surface area contributed by atoms with E-state index in [0.29, 0.717) is 5.92 Å². The van der Waals surface area contributed by atoms with Crippen molar-refractivity contribution in [1.82, 2.24) is 0 Å². The van der Waals surface area contributed by atoms with E-state index in [1.807, 2.05) is 0 Å². The van der Waals surface area contributed by atoms with Crippen molar-refractivity contribution in [3.05, 3.63) is 144 Å². The van der Waals surface area contributed by atoms with Crippen LogP contribution in [0, 0.1) is 0 Å². The third-order valence-corrected chi connectivity index (χ3v) is 5.82. The topological polar surface area (TPSA) is 0 Å². The fourth-order valence-electron chi connectivity index (χ4n) is 4.68. The summed E-state index contributed by atoms with van der Waals surface area (Å²) in [6.07, 6.45) is 1.04. The number of rotatable bonds is 6. The van der Waals surface area contributed by atoms with E-state index in [2.05, 4.69) is 128 Å². The van der Waals surface area contributed by atoms with Crippen molar-refractivity contribution in [3.8, 4) is 0 Å². The molecule has 0 amide bonds. The van der Waals surface area contributed by atoms with Crippen LogP contribution in [0.2, 0.25) is 0 Å². The zero-order valence-corrected chi connectivity index (χ0v) is 20.5. The van der Waals surface area contributed by atoms with Crippen molar-refractivity contribution in [1.29, 1.82) is 0 Å². The maximum atomic E-state index is 2.31. The van der Waals surface area contributed by atoms with E-state index in [1.54, 1.807) is 0 Å². The third-order valence-electron chi connectivity index (χ3n) is 5.82. The van der Waals surface area contributed by atoms with Crippen molar-refractivity contribution in [2.24, 2.45) is 0 Å². The fourth-order valence-corrected chi connectivity index (χ4v) is 4.68. The summed E-state index contributed by atoms with van der Waals surface area (Å²) in [5.41, 5.74) is 5.13. The Hall–Kier alpha value is -1.64. The minimum absolute atomic E-state index is 0. The molecule has 1 atom stereocenters. The average Bonchev–Trinajstić information content (AvgIpc) is 2.80. The SMILES string of the molecule is CCC(c1ccccc1)C(c1ccccc1)(c1ccccc1)c1ccccc1.[Sr+2]. The molecule has 1 heteroatoms. The molecule has 0 aromatic heterocycles. The molecule has 0 saturated heterocycles. The van der Waals surface area contributed by atoms with E-state index >= 15 is 0 Å². The van der Waals surface area contributed by atoms with Gasteiger partial charge in [-0.3, -0.25) is 0 Å². The van der Waals surface area contributed by atoms with Crippen LogP contribution < -0.4 is 0 Å². The van der Waals surface area contributed by atoms with Crippen molar-refractivity contribution in [3.63, 3.8) is 0 Å². The third kappa shape index (κ3) is 4.29. The number of hydrogen-bond acceptors (Lipinski definition) is 0. The van der Waals surface area contributed by atoms with E-state index in [1.165, 1.54) is 22.3 Å². The summed E-state index contributed by atoms with van der Waals surface area (Å²) in [6.45, 7) is 2.31. The van der Waals surface area contributed by atoms with Crippen LogP contribution >= 0.6 is 0 Å². The summed E-state index contributed by atoms with van der Waals surface area (Å²) in [7, 11) is 0. The molecular formula is C28H26Sr+2. The van der Waals surface area contributed by atoms with E-state index < -0.39 is 0 Å². The molecule has 0 bridgehead atoms. The fraction of sp³-hybridized carbons (Fsp3) is 0.143. The first-order valence-corrected chi connectivity index (χ1v) is 10.1. The van der Waals surface area contributed by atoms with Gasteiger partial charge in [-0.05, 0) is 28.7 Å². The molecule has 0 N–H and O–H groups in total. The largest absolute Gasteiger partial charge is 2.00 e. The molecule has 0 aliphatic rings. The van der Waals surface area contributed by atoms with Gasteiger partial charge in [0.15, 0.2) is 0 Å². The molecule has 0 aliphatic heterocycles. The summed E-state index contributed by atoms with van der Waals surface area (Å²) >= 11 is 0. The minimum Gasteiger partial charge on any atom is -0.0647 e. The normalized spacial score (nSPS) is 12.0. The molecule has 4 aromatic carbocycles. The molecule has 4 rings (SSSR count). The van der Waals surface area contributed by atoms with Crippen LogP contribution in [0.3, 0.4) is 0 Å². The van der Waals surface area contributed by atoms with Gasteiger partial charge < -0.3 is 0 Å². The second-order valence-electron chi connectivity index (χ2n) is 7.28. The van der Waals surface area contributed by atoms with Crippen LogP contribution in [-0.2, 0) is 5.41 Å². The molecule has 138 valence electrons. The van der Waals surface area contributed by atoms with E-state index in [0.717, 1.165) is 6.42 Å². The van der Waals surface area contributed by atoms with Crippen LogP contribution in [0.5, 0.6) is 0 Å². The molecule has 1 unspecified atom stereocenters. The zero-order valence-electron chi connectivity index (χ0n) is 17.0. The molecule has 4 aromatic rings. The van der Waals surface area contributed by atoms with Crippen LogP contribution in [0.1, 0.15) is 41.5 Å². The summed E-state index contributed by atoms with van der Waals surface area (Å²) in [5, 5.41) is 0. The smallest absolute Gasteiger partial charge is 0.0647 e. The number of benzene rings is 4. The van der Waals surface area contributed by atoms with Gasteiger partial charge in [-0.2, -0.15) is 0 Å². The minimum atomic E-state index is -0.250. The van der Waals surface area contributed by atoms with Crippen molar-refractivity contribution < 1.29 is 0 Å². The molecule has 0 spiro atoms. The second-order valence-corrected chi connectivity index (χ2v) is 7.28. The van der Waals surface area contributed by atoms with Crippen LogP contribution in [-0.4, -0.2) is 45.5 Å². The molecule has 0 heterocycles. The van der Waals surface area contributed by atoms with Gasteiger partial charge >= 0.3 is 45.5 Å². The van der Waals surface area contributed by atoms with Gasteiger partial charge in [-0.25, -0.2) is 0 Å². The monoisotopic (exact) mass is 450 g/mol. The molecule has 0 fully saturated rings. The second kappa shape index (κ2) is 10.4. The maximum absolute atomic E-state index is 2.31. The molecule has 0 aliphatic carbocycles. The Labute approximate surface area is 211 Å². The van der Waals surface area contributed by atoms with Gasteiger partial charge in [0.2, 0.25) is 0 Å². The molecule has 0 nitrogen and oxygen atoms in total. The summed E-state index contributed by atoms with van der Waals surface area (Å²) < 4.78 is 0. The predicted molar refractivity (Wildman–Crippen MR) is 124 cm³/mol. The van der Waals surface area contributed by atoms with Gasteiger partial charge in [0, 0.05) is 5.92 Å². The van der Waals surface area contributed by atoms with Crippen molar-refractivity contribution in [2.45, 2.75) is 24.7 Å². The molecule has 0 saturated carbocycles. The summed E-state index contributed by atoms with van der Waals surface area (Å²) in [4.78, 5) is 0. The van der Waals surface area contributed by atoms with Gasteiger partial charge in [0.05, 0.1) is 5.41 Å². The predicted octanol–water partition coefficient (Wildman–Crippen LogP) is 6.83. The van der Waals surface area contributed by atoms with Crippen molar-refractivity contribution in [2.75, 3.05) is 0 Å². The van der Waals surface area contributed by atoms with E-state index in [-0.39, 0.29) is 50.9 Å². The van der Waals surface area contributed by atoms with E-state index in [9.17, 15) is 0 Å². The Kier molecular flexibility index (Phi) is 7.92. The van der Waals surface area contributed by atoms with Gasteiger partial charge in [0.1, 0.15) is 0 Å². The van der Waals surface area contributed by atoms with Crippen LogP contribution in [0.25, 0.3) is 0 Å². The Balaban J connectivity index is 0.00000240. The Morgan fingerprint density at radius 3 is 1.14 bits per heavy atom. The van der Waals surface area contributed by atoms with Gasteiger partial charge in [0.25, 0.3) is 0 Å². The molecular weight excluding hydrogens is 424 g/mol. The first-order chi connectivity index (χ1) is 13.9. The Morgan fingerprint density at radius 2 is 0.828 bits per heavy atom. The average molecular weight is 450 g/mol. The zero-order chi connectivity index (χ0) is 19.2. The molecule has 29 heavy (non-hydrogen) atoms. The Bertz CT molecular complexity index is 883. The van der Waals surface area contributed by atoms with Crippen LogP contribution in [0.15, 0.2) is 121 Å². The van der Waals surface area contributed by atoms with E-state index in [4.69, 9.17) is 0 Å². The van der Waals surface area contributed by atoms with Crippen LogP contribution in [0.4, 0.5) is 0 Å². The van der Waals surface area contributed by atoms with Crippen molar-refractivity contribution >= 4 is 45.5 Å². The van der Waals surface area contributed by atoms with Gasteiger partial charge in [-0.15, -0.1) is 0 Å². The Morgan fingerprint density at radius 1 is 0.517 bits per heavy atom. The van der Waals surface area contributed by atoms with Gasteiger partial charge in [-0.1, -0.05) is 128 Å². The quantitative estimate of drug-likeness (QED) is 0.223. The first-order valence-electron chi connectivity index (χ1n) is 10.1. The molecule has 0 radical (unpaired) electrons. The summed E-state index contributed by atoms with van der Waals surface area (Å²) in [5.74, 6) is 0.320. The maximum Gasteiger partial charge on any atom is 2.00 e. The first kappa shape index (κ1) is 22.1.